The number of rotatable bonds is 8. The number of nitrogens with zero attached hydrogens (tertiary/aromatic N) is 1. The summed E-state index contributed by atoms with van der Waals surface area (Å²) < 4.78 is 5.15. The molecule has 6 heteroatoms. The van der Waals surface area contributed by atoms with Crippen molar-refractivity contribution in [3.8, 4) is 5.75 Å². The maximum atomic E-state index is 12.9. The Morgan fingerprint density at radius 1 is 0.933 bits per heavy atom. The molecular formula is C24H23N3O3. The van der Waals surface area contributed by atoms with Gasteiger partial charge in [-0.05, 0) is 28.8 Å². The number of ether oxygens (including phenoxy) is 1. The molecule has 0 saturated heterocycles. The highest BCUT2D eigenvalue weighted by Crippen LogP contribution is 2.24. The van der Waals surface area contributed by atoms with Crippen molar-refractivity contribution in [1.82, 2.24) is 10.7 Å². The van der Waals surface area contributed by atoms with Gasteiger partial charge in [-0.3, -0.25) is 9.59 Å². The molecular weight excluding hydrogens is 378 g/mol. The third kappa shape index (κ3) is 5.78. The zero-order valence-electron chi connectivity index (χ0n) is 16.6. The summed E-state index contributed by atoms with van der Waals surface area (Å²) in [6.07, 6.45) is 1.51. The Morgan fingerprint density at radius 3 is 2.17 bits per heavy atom. The predicted octanol–water partition coefficient (Wildman–Crippen LogP) is 3.09. The smallest absolute Gasteiger partial charge is 0.259 e. The summed E-state index contributed by atoms with van der Waals surface area (Å²) in [6.45, 7) is -0.176. The molecule has 0 fully saturated rings. The van der Waals surface area contributed by atoms with Crippen LogP contribution >= 0.6 is 0 Å². The highest BCUT2D eigenvalue weighted by Gasteiger charge is 2.22. The second-order valence-electron chi connectivity index (χ2n) is 6.54. The zero-order chi connectivity index (χ0) is 21.2. The first-order chi connectivity index (χ1) is 14.7. The standard InChI is InChI=1S/C24H23N3O3/c1-30-21-14-8-9-18(15-21)16-26-27-22(28)17-25-24(29)23(19-10-4-2-5-11-19)20-12-6-3-7-13-20/h2-16,23H,17H2,1H3,(H,25,29)(H,27,28)/b26-16+. The summed E-state index contributed by atoms with van der Waals surface area (Å²) in [6, 6.07) is 26.2. The average molecular weight is 401 g/mol. The summed E-state index contributed by atoms with van der Waals surface area (Å²) in [5.74, 6) is -0.465. The van der Waals surface area contributed by atoms with Crippen molar-refractivity contribution in [2.24, 2.45) is 5.10 Å². The van der Waals surface area contributed by atoms with Gasteiger partial charge in [-0.2, -0.15) is 5.10 Å². The van der Waals surface area contributed by atoms with E-state index in [2.05, 4.69) is 15.8 Å². The molecule has 0 saturated carbocycles. The fourth-order valence-electron chi connectivity index (χ4n) is 3.00. The minimum atomic E-state index is -0.500. The predicted molar refractivity (Wildman–Crippen MR) is 116 cm³/mol. The minimum Gasteiger partial charge on any atom is -0.497 e. The Balaban J connectivity index is 1.59. The van der Waals surface area contributed by atoms with Gasteiger partial charge in [0, 0.05) is 0 Å². The summed E-state index contributed by atoms with van der Waals surface area (Å²) in [5.41, 5.74) is 4.92. The molecule has 3 aromatic carbocycles. The normalized spacial score (nSPS) is 10.7. The van der Waals surface area contributed by atoms with Crippen LogP contribution in [-0.4, -0.2) is 31.7 Å². The van der Waals surface area contributed by atoms with E-state index < -0.39 is 11.8 Å². The number of hydrazone groups is 1. The third-order valence-corrected chi connectivity index (χ3v) is 4.45. The fraction of sp³-hybridized carbons (Fsp3) is 0.125. The van der Waals surface area contributed by atoms with Crippen LogP contribution in [-0.2, 0) is 9.59 Å². The van der Waals surface area contributed by atoms with Crippen LogP contribution < -0.4 is 15.5 Å². The highest BCUT2D eigenvalue weighted by atomic mass is 16.5. The molecule has 3 rings (SSSR count). The third-order valence-electron chi connectivity index (χ3n) is 4.45. The number of methoxy groups -OCH3 is 1. The topological polar surface area (TPSA) is 79.8 Å². The van der Waals surface area contributed by atoms with Crippen molar-refractivity contribution in [3.63, 3.8) is 0 Å². The van der Waals surface area contributed by atoms with Gasteiger partial charge in [-0.25, -0.2) is 5.43 Å². The summed E-state index contributed by atoms with van der Waals surface area (Å²) >= 11 is 0. The number of carbonyl (C=O) groups excluding carboxylic acids is 2. The molecule has 0 aromatic heterocycles. The van der Waals surface area contributed by atoms with Gasteiger partial charge < -0.3 is 10.1 Å². The van der Waals surface area contributed by atoms with Gasteiger partial charge in [0.15, 0.2) is 0 Å². The molecule has 0 unspecified atom stereocenters. The number of hydrogen-bond donors (Lipinski definition) is 2. The van der Waals surface area contributed by atoms with Crippen LogP contribution in [0.4, 0.5) is 0 Å². The molecule has 0 bridgehead atoms. The van der Waals surface area contributed by atoms with Gasteiger partial charge in [-0.15, -0.1) is 0 Å². The van der Waals surface area contributed by atoms with Gasteiger partial charge in [0.05, 0.1) is 25.8 Å². The summed E-state index contributed by atoms with van der Waals surface area (Å²) in [4.78, 5) is 25.0. The van der Waals surface area contributed by atoms with Crippen molar-refractivity contribution < 1.29 is 14.3 Å². The summed E-state index contributed by atoms with van der Waals surface area (Å²) in [5, 5.41) is 6.63. The molecule has 6 nitrogen and oxygen atoms in total. The Hall–Kier alpha value is -3.93. The number of amides is 2. The van der Waals surface area contributed by atoms with Gasteiger partial charge in [0.25, 0.3) is 5.91 Å². The quantitative estimate of drug-likeness (QED) is 0.450. The van der Waals surface area contributed by atoms with Crippen LogP contribution in [0.5, 0.6) is 5.75 Å². The van der Waals surface area contributed by atoms with Crippen molar-refractivity contribution in [1.29, 1.82) is 0 Å². The van der Waals surface area contributed by atoms with Gasteiger partial charge in [-0.1, -0.05) is 72.8 Å². The Bertz CT molecular complexity index is 965. The first kappa shape index (κ1) is 20.8. The molecule has 0 atom stereocenters. The lowest BCUT2D eigenvalue weighted by Gasteiger charge is -2.17. The average Bonchev–Trinajstić information content (AvgIpc) is 2.79. The molecule has 0 aliphatic rings. The summed E-state index contributed by atoms with van der Waals surface area (Å²) in [7, 11) is 1.58. The second-order valence-corrected chi connectivity index (χ2v) is 6.54. The number of benzene rings is 3. The van der Waals surface area contributed by atoms with Gasteiger partial charge in [0.1, 0.15) is 5.75 Å². The maximum Gasteiger partial charge on any atom is 0.259 e. The Morgan fingerprint density at radius 2 is 1.57 bits per heavy atom. The zero-order valence-corrected chi connectivity index (χ0v) is 16.6. The van der Waals surface area contributed by atoms with E-state index in [1.165, 1.54) is 6.21 Å². The van der Waals surface area contributed by atoms with E-state index in [9.17, 15) is 9.59 Å². The van der Waals surface area contributed by atoms with Crippen LogP contribution in [0.3, 0.4) is 0 Å². The van der Waals surface area contributed by atoms with Crippen molar-refractivity contribution in [2.75, 3.05) is 13.7 Å². The number of hydrogen-bond acceptors (Lipinski definition) is 4. The van der Waals surface area contributed by atoms with Crippen LogP contribution in [0.1, 0.15) is 22.6 Å². The molecule has 152 valence electrons. The lowest BCUT2D eigenvalue weighted by atomic mass is 9.90. The maximum absolute atomic E-state index is 12.9. The van der Waals surface area contributed by atoms with Crippen molar-refractivity contribution in [3.05, 3.63) is 102 Å². The first-order valence-electron chi connectivity index (χ1n) is 9.51. The second kappa shape index (κ2) is 10.6. The van der Waals surface area contributed by atoms with E-state index >= 15 is 0 Å². The molecule has 2 amide bonds. The Labute approximate surface area is 175 Å². The monoisotopic (exact) mass is 401 g/mol. The first-order valence-corrected chi connectivity index (χ1v) is 9.51. The fourth-order valence-corrected chi connectivity index (χ4v) is 3.00. The molecule has 0 radical (unpaired) electrons. The van der Waals surface area contributed by atoms with Crippen LogP contribution in [0.2, 0.25) is 0 Å². The van der Waals surface area contributed by atoms with E-state index in [-0.39, 0.29) is 12.5 Å². The van der Waals surface area contributed by atoms with Crippen LogP contribution in [0, 0.1) is 0 Å². The van der Waals surface area contributed by atoms with Crippen molar-refractivity contribution >= 4 is 18.0 Å². The largest absolute Gasteiger partial charge is 0.497 e. The lowest BCUT2D eigenvalue weighted by molar-refractivity contribution is -0.126. The molecule has 3 aromatic rings. The van der Waals surface area contributed by atoms with Gasteiger partial charge >= 0.3 is 0 Å². The minimum absolute atomic E-state index is 0.176. The molecule has 30 heavy (non-hydrogen) atoms. The van der Waals surface area contributed by atoms with E-state index in [4.69, 9.17) is 4.74 Å². The SMILES string of the molecule is COc1cccc(/C=N/NC(=O)CNC(=O)C(c2ccccc2)c2ccccc2)c1. The molecule has 2 N–H and O–H groups in total. The molecule has 0 aliphatic heterocycles. The highest BCUT2D eigenvalue weighted by molar-refractivity contribution is 5.91. The van der Waals surface area contributed by atoms with E-state index in [1.54, 1.807) is 13.2 Å². The van der Waals surface area contributed by atoms with E-state index in [0.29, 0.717) is 5.75 Å². The Kier molecular flexibility index (Phi) is 7.33. The number of carbonyl (C=O) groups is 2. The van der Waals surface area contributed by atoms with Gasteiger partial charge in [0.2, 0.25) is 5.91 Å². The van der Waals surface area contributed by atoms with Crippen LogP contribution in [0.15, 0.2) is 90.0 Å². The number of nitrogens with one attached hydrogen (secondary N) is 2. The molecule has 0 aliphatic carbocycles. The van der Waals surface area contributed by atoms with Crippen molar-refractivity contribution in [2.45, 2.75) is 5.92 Å². The van der Waals surface area contributed by atoms with E-state index in [0.717, 1.165) is 16.7 Å². The molecule has 0 heterocycles. The van der Waals surface area contributed by atoms with E-state index in [1.807, 2.05) is 78.9 Å². The lowest BCUT2D eigenvalue weighted by Crippen LogP contribution is -2.37. The molecule has 0 spiro atoms. The van der Waals surface area contributed by atoms with Crippen LogP contribution in [0.25, 0.3) is 0 Å².